The molecule has 1 aliphatic carbocycles. The predicted molar refractivity (Wildman–Crippen MR) is 82.2 cm³/mol. The van der Waals surface area contributed by atoms with Gasteiger partial charge in [-0.25, -0.2) is 0 Å². The smallest absolute Gasteiger partial charge is 0.162 e. The van der Waals surface area contributed by atoms with Crippen LogP contribution in [-0.2, 0) is 6.54 Å². The molecule has 0 spiro atoms. The average molecular weight is 277 g/mol. The molecular weight excluding hydrogens is 250 g/mol. The Balaban J connectivity index is 1.97. The van der Waals surface area contributed by atoms with Crippen molar-refractivity contribution in [2.24, 2.45) is 5.92 Å². The molecule has 1 aromatic carbocycles. The summed E-state index contributed by atoms with van der Waals surface area (Å²) in [6, 6.07) is 6.32. The summed E-state index contributed by atoms with van der Waals surface area (Å²) in [5.41, 5.74) is 0.927. The van der Waals surface area contributed by atoms with E-state index >= 15 is 0 Å². The molecule has 0 bridgehead atoms. The number of phenols is 1. The molecule has 3 nitrogen and oxygen atoms in total. The highest BCUT2D eigenvalue weighted by Gasteiger charge is 2.23. The lowest BCUT2D eigenvalue weighted by atomic mass is 9.83. The molecule has 0 aromatic heterocycles. The second-order valence-corrected chi connectivity index (χ2v) is 5.64. The van der Waals surface area contributed by atoms with E-state index in [1.54, 1.807) is 0 Å². The summed E-state index contributed by atoms with van der Waals surface area (Å²) in [5, 5.41) is 13.8. The normalized spacial score (nSPS) is 22.7. The molecule has 20 heavy (non-hydrogen) atoms. The summed E-state index contributed by atoms with van der Waals surface area (Å²) in [4.78, 5) is 0. The molecule has 2 rings (SSSR count). The van der Waals surface area contributed by atoms with Gasteiger partial charge < -0.3 is 15.2 Å². The zero-order valence-electron chi connectivity index (χ0n) is 12.7. The maximum Gasteiger partial charge on any atom is 0.162 e. The van der Waals surface area contributed by atoms with Gasteiger partial charge in [0.25, 0.3) is 0 Å². The molecule has 0 aliphatic heterocycles. The highest BCUT2D eigenvalue weighted by atomic mass is 16.5. The van der Waals surface area contributed by atoms with Gasteiger partial charge in [-0.1, -0.05) is 38.3 Å². The highest BCUT2D eigenvalue weighted by molar-refractivity contribution is 5.45. The van der Waals surface area contributed by atoms with Gasteiger partial charge in [0.15, 0.2) is 11.5 Å². The van der Waals surface area contributed by atoms with Crippen LogP contribution in [0.15, 0.2) is 18.2 Å². The van der Waals surface area contributed by atoms with Crippen molar-refractivity contribution in [3.05, 3.63) is 23.8 Å². The minimum absolute atomic E-state index is 0.283. The van der Waals surface area contributed by atoms with Gasteiger partial charge in [-0.05, 0) is 31.7 Å². The van der Waals surface area contributed by atoms with Crippen molar-refractivity contribution >= 4 is 0 Å². The zero-order valence-corrected chi connectivity index (χ0v) is 12.7. The van der Waals surface area contributed by atoms with Gasteiger partial charge in [-0.15, -0.1) is 0 Å². The van der Waals surface area contributed by atoms with Crippen molar-refractivity contribution in [1.82, 2.24) is 5.32 Å². The molecule has 1 fully saturated rings. The van der Waals surface area contributed by atoms with Crippen LogP contribution in [0.2, 0.25) is 0 Å². The monoisotopic (exact) mass is 277 g/mol. The van der Waals surface area contributed by atoms with E-state index in [4.69, 9.17) is 4.74 Å². The first kappa shape index (κ1) is 15.2. The van der Waals surface area contributed by atoms with Crippen LogP contribution >= 0.6 is 0 Å². The third kappa shape index (κ3) is 3.66. The van der Waals surface area contributed by atoms with E-state index in [1.807, 2.05) is 25.1 Å². The van der Waals surface area contributed by atoms with Crippen molar-refractivity contribution in [3.63, 3.8) is 0 Å². The quantitative estimate of drug-likeness (QED) is 0.830. The summed E-state index contributed by atoms with van der Waals surface area (Å²) in [5.74, 6) is 1.65. The van der Waals surface area contributed by atoms with Crippen molar-refractivity contribution in [3.8, 4) is 11.5 Å². The van der Waals surface area contributed by atoms with Crippen LogP contribution < -0.4 is 10.1 Å². The van der Waals surface area contributed by atoms with Crippen LogP contribution in [0.5, 0.6) is 11.5 Å². The summed E-state index contributed by atoms with van der Waals surface area (Å²) in [7, 11) is 0. The van der Waals surface area contributed by atoms with E-state index in [0.717, 1.165) is 11.5 Å². The number of para-hydroxylation sites is 1. The van der Waals surface area contributed by atoms with E-state index < -0.39 is 0 Å². The molecule has 2 N–H and O–H groups in total. The molecule has 0 amide bonds. The minimum atomic E-state index is 0.283. The van der Waals surface area contributed by atoms with Gasteiger partial charge in [0.2, 0.25) is 0 Å². The fraction of sp³-hybridized carbons (Fsp3) is 0.647. The molecule has 0 saturated heterocycles. The Kier molecular flexibility index (Phi) is 5.72. The second kappa shape index (κ2) is 7.53. The third-order valence-corrected chi connectivity index (χ3v) is 4.37. The standard InChI is InChI=1S/C17H27NO2/c1-3-13-8-5-6-10-15(13)18-12-14-9-7-11-16(17(14)19)20-4-2/h7,9,11,13,15,18-19H,3-6,8,10,12H2,1-2H3. The fourth-order valence-electron chi connectivity index (χ4n) is 3.19. The maximum atomic E-state index is 10.2. The van der Waals surface area contributed by atoms with E-state index in [2.05, 4.69) is 12.2 Å². The number of hydrogen-bond acceptors (Lipinski definition) is 3. The topological polar surface area (TPSA) is 41.5 Å². The number of phenolic OH excluding ortho intramolecular Hbond substituents is 1. The molecule has 1 saturated carbocycles. The first-order valence-corrected chi connectivity index (χ1v) is 7.93. The third-order valence-electron chi connectivity index (χ3n) is 4.37. The number of rotatable bonds is 6. The molecular formula is C17H27NO2. The first-order valence-electron chi connectivity index (χ1n) is 7.93. The van der Waals surface area contributed by atoms with Crippen LogP contribution in [-0.4, -0.2) is 17.8 Å². The van der Waals surface area contributed by atoms with Crippen LogP contribution in [0.1, 0.15) is 51.5 Å². The molecule has 0 heterocycles. The molecule has 2 unspecified atom stereocenters. The Bertz CT molecular complexity index is 419. The summed E-state index contributed by atoms with van der Waals surface area (Å²) in [6.45, 7) is 5.50. The van der Waals surface area contributed by atoms with Crippen LogP contribution in [0, 0.1) is 5.92 Å². The number of benzene rings is 1. The van der Waals surface area contributed by atoms with Crippen molar-refractivity contribution in [2.75, 3.05) is 6.61 Å². The lowest BCUT2D eigenvalue weighted by Crippen LogP contribution is -2.37. The largest absolute Gasteiger partial charge is 0.504 e. The van der Waals surface area contributed by atoms with Crippen molar-refractivity contribution in [2.45, 2.75) is 58.5 Å². The number of ether oxygens (including phenoxy) is 1. The predicted octanol–water partition coefficient (Wildman–Crippen LogP) is 3.85. The molecule has 1 aromatic rings. The number of hydrogen-bond donors (Lipinski definition) is 2. The van der Waals surface area contributed by atoms with Crippen LogP contribution in [0.25, 0.3) is 0 Å². The molecule has 1 aliphatic rings. The van der Waals surface area contributed by atoms with Gasteiger partial charge in [0.05, 0.1) is 6.61 Å². The van der Waals surface area contributed by atoms with E-state index in [9.17, 15) is 5.11 Å². The van der Waals surface area contributed by atoms with E-state index in [0.29, 0.717) is 24.9 Å². The first-order chi connectivity index (χ1) is 9.76. The maximum absolute atomic E-state index is 10.2. The van der Waals surface area contributed by atoms with Crippen LogP contribution in [0.4, 0.5) is 0 Å². The van der Waals surface area contributed by atoms with E-state index in [1.165, 1.54) is 32.1 Å². The molecule has 112 valence electrons. The van der Waals surface area contributed by atoms with Crippen LogP contribution in [0.3, 0.4) is 0 Å². The average Bonchev–Trinajstić information content (AvgIpc) is 2.48. The zero-order chi connectivity index (χ0) is 14.4. The Morgan fingerprint density at radius 2 is 2.05 bits per heavy atom. The Hall–Kier alpha value is -1.22. The molecule has 3 heteroatoms. The Morgan fingerprint density at radius 3 is 2.80 bits per heavy atom. The molecule has 2 atom stereocenters. The van der Waals surface area contributed by atoms with Gasteiger partial charge >= 0.3 is 0 Å². The minimum Gasteiger partial charge on any atom is -0.504 e. The van der Waals surface area contributed by atoms with Gasteiger partial charge in [0, 0.05) is 18.2 Å². The summed E-state index contributed by atoms with van der Waals surface area (Å²) in [6.07, 6.45) is 6.51. The van der Waals surface area contributed by atoms with Gasteiger partial charge in [-0.3, -0.25) is 0 Å². The number of aromatic hydroxyl groups is 1. The Labute approximate surface area is 122 Å². The summed E-state index contributed by atoms with van der Waals surface area (Å²) < 4.78 is 5.43. The lowest BCUT2D eigenvalue weighted by Gasteiger charge is -2.31. The van der Waals surface area contributed by atoms with Gasteiger partial charge in [-0.2, -0.15) is 0 Å². The lowest BCUT2D eigenvalue weighted by molar-refractivity contribution is 0.253. The van der Waals surface area contributed by atoms with Gasteiger partial charge in [0.1, 0.15) is 0 Å². The van der Waals surface area contributed by atoms with E-state index in [-0.39, 0.29) is 5.75 Å². The summed E-state index contributed by atoms with van der Waals surface area (Å²) >= 11 is 0. The van der Waals surface area contributed by atoms with Crippen molar-refractivity contribution < 1.29 is 9.84 Å². The second-order valence-electron chi connectivity index (χ2n) is 5.64. The Morgan fingerprint density at radius 1 is 1.25 bits per heavy atom. The molecule has 0 radical (unpaired) electrons. The highest BCUT2D eigenvalue weighted by Crippen LogP contribution is 2.31. The number of nitrogens with one attached hydrogen (secondary N) is 1. The van der Waals surface area contributed by atoms with Crippen molar-refractivity contribution in [1.29, 1.82) is 0 Å². The SMILES string of the molecule is CCOc1cccc(CNC2CCCCC2CC)c1O. The fourth-order valence-corrected chi connectivity index (χ4v) is 3.19.